The summed E-state index contributed by atoms with van der Waals surface area (Å²) in [5.74, 6) is 0.876. The van der Waals surface area contributed by atoms with Gasteiger partial charge in [-0.3, -0.25) is 0 Å². The first-order valence-electron chi connectivity index (χ1n) is 6.81. The highest BCUT2D eigenvalue weighted by Gasteiger charge is 2.44. The molecule has 1 aromatic heterocycles. The SMILES string of the molecule is CC(C)C1(O)CN(c2nc3ccccc3cc2C#N)C1. The fourth-order valence-electron chi connectivity index (χ4n) is 2.56. The Bertz CT molecular complexity index is 696. The molecule has 102 valence electrons. The number of nitriles is 1. The smallest absolute Gasteiger partial charge is 0.147 e. The molecule has 1 aliphatic heterocycles. The molecule has 4 nitrogen and oxygen atoms in total. The van der Waals surface area contributed by atoms with Crippen LogP contribution in [0.15, 0.2) is 30.3 Å². The van der Waals surface area contributed by atoms with Crippen molar-refractivity contribution in [2.24, 2.45) is 5.92 Å². The molecule has 3 rings (SSSR count). The average Bonchev–Trinajstić information content (AvgIpc) is 2.42. The monoisotopic (exact) mass is 267 g/mol. The maximum absolute atomic E-state index is 10.3. The van der Waals surface area contributed by atoms with Crippen LogP contribution in [0.1, 0.15) is 19.4 Å². The van der Waals surface area contributed by atoms with E-state index in [1.165, 1.54) is 0 Å². The third-order valence-electron chi connectivity index (χ3n) is 4.13. The van der Waals surface area contributed by atoms with Crippen LogP contribution in [0.25, 0.3) is 10.9 Å². The highest BCUT2D eigenvalue weighted by Crippen LogP contribution is 2.34. The number of hydrogen-bond acceptors (Lipinski definition) is 4. The number of benzene rings is 1. The average molecular weight is 267 g/mol. The van der Waals surface area contributed by atoms with Gasteiger partial charge in [-0.2, -0.15) is 5.26 Å². The number of pyridine rings is 1. The molecule has 4 heteroatoms. The quantitative estimate of drug-likeness (QED) is 0.907. The van der Waals surface area contributed by atoms with E-state index in [4.69, 9.17) is 0 Å². The molecule has 1 saturated heterocycles. The summed E-state index contributed by atoms with van der Waals surface area (Å²) in [6, 6.07) is 11.8. The van der Waals surface area contributed by atoms with Gasteiger partial charge in [-0.25, -0.2) is 4.98 Å². The molecule has 20 heavy (non-hydrogen) atoms. The molecule has 0 saturated carbocycles. The van der Waals surface area contributed by atoms with Crippen LogP contribution in [0.4, 0.5) is 5.82 Å². The Morgan fingerprint density at radius 1 is 1.35 bits per heavy atom. The van der Waals surface area contributed by atoms with E-state index < -0.39 is 5.60 Å². The molecule has 2 aromatic rings. The number of nitrogens with zero attached hydrogens (tertiary/aromatic N) is 3. The third-order valence-corrected chi connectivity index (χ3v) is 4.13. The fourth-order valence-corrected chi connectivity index (χ4v) is 2.56. The highest BCUT2D eigenvalue weighted by atomic mass is 16.3. The minimum absolute atomic E-state index is 0.199. The van der Waals surface area contributed by atoms with Crippen molar-refractivity contribution in [3.63, 3.8) is 0 Å². The van der Waals surface area contributed by atoms with E-state index in [0.717, 1.165) is 10.9 Å². The summed E-state index contributed by atoms with van der Waals surface area (Å²) in [6.07, 6.45) is 0. The summed E-state index contributed by atoms with van der Waals surface area (Å²) in [5, 5.41) is 20.6. The summed E-state index contributed by atoms with van der Waals surface area (Å²) in [6.45, 7) is 5.09. The van der Waals surface area contributed by atoms with Crippen LogP contribution in [-0.2, 0) is 0 Å². The van der Waals surface area contributed by atoms with Crippen molar-refractivity contribution in [2.75, 3.05) is 18.0 Å². The first kappa shape index (κ1) is 12.9. The van der Waals surface area contributed by atoms with Crippen LogP contribution in [-0.4, -0.2) is 28.8 Å². The van der Waals surface area contributed by atoms with Crippen LogP contribution in [0.2, 0.25) is 0 Å². The van der Waals surface area contributed by atoms with Gasteiger partial charge in [-0.15, -0.1) is 0 Å². The van der Waals surface area contributed by atoms with E-state index >= 15 is 0 Å². The molecule has 2 heterocycles. The first-order valence-corrected chi connectivity index (χ1v) is 6.81. The lowest BCUT2D eigenvalue weighted by atomic mass is 9.83. The second-order valence-electron chi connectivity index (χ2n) is 5.78. The van der Waals surface area contributed by atoms with Gasteiger partial charge in [0.2, 0.25) is 0 Å². The molecular formula is C16H17N3O. The van der Waals surface area contributed by atoms with Gasteiger partial charge < -0.3 is 10.0 Å². The van der Waals surface area contributed by atoms with Gasteiger partial charge in [-0.05, 0) is 18.1 Å². The summed E-state index contributed by atoms with van der Waals surface area (Å²) < 4.78 is 0. The third kappa shape index (κ3) is 1.91. The zero-order valence-electron chi connectivity index (χ0n) is 11.7. The standard InChI is InChI=1S/C16H17N3O/c1-11(2)16(20)9-19(10-16)15-13(8-17)7-12-5-3-4-6-14(12)18-15/h3-7,11,20H,9-10H2,1-2H3. The zero-order chi connectivity index (χ0) is 14.3. The van der Waals surface area contributed by atoms with Gasteiger partial charge in [0.25, 0.3) is 0 Å². The fraction of sp³-hybridized carbons (Fsp3) is 0.375. The van der Waals surface area contributed by atoms with Crippen molar-refractivity contribution in [1.29, 1.82) is 5.26 Å². The molecule has 1 aliphatic rings. The normalized spacial score (nSPS) is 17.1. The molecule has 1 N–H and O–H groups in total. The van der Waals surface area contributed by atoms with E-state index in [0.29, 0.717) is 24.5 Å². The molecule has 0 atom stereocenters. The van der Waals surface area contributed by atoms with Crippen LogP contribution >= 0.6 is 0 Å². The predicted octanol–water partition coefficient (Wildman–Crippen LogP) is 2.31. The molecular weight excluding hydrogens is 250 g/mol. The first-order chi connectivity index (χ1) is 9.53. The van der Waals surface area contributed by atoms with Crippen molar-refractivity contribution >= 4 is 16.7 Å². The van der Waals surface area contributed by atoms with Crippen molar-refractivity contribution < 1.29 is 5.11 Å². The van der Waals surface area contributed by atoms with Gasteiger partial charge in [0.1, 0.15) is 17.5 Å². The van der Waals surface area contributed by atoms with Crippen molar-refractivity contribution in [3.05, 3.63) is 35.9 Å². The van der Waals surface area contributed by atoms with Gasteiger partial charge in [0.05, 0.1) is 24.2 Å². The Kier molecular flexibility index (Phi) is 2.88. The lowest BCUT2D eigenvalue weighted by Crippen LogP contribution is -2.65. The maximum Gasteiger partial charge on any atom is 0.147 e. The van der Waals surface area contributed by atoms with E-state index in [1.807, 2.05) is 49.1 Å². The Balaban J connectivity index is 1.99. The number of fused-ring (bicyclic) bond motifs is 1. The van der Waals surface area contributed by atoms with E-state index in [9.17, 15) is 10.4 Å². The summed E-state index contributed by atoms with van der Waals surface area (Å²) in [7, 11) is 0. The number of para-hydroxylation sites is 1. The number of hydrogen-bond donors (Lipinski definition) is 1. The largest absolute Gasteiger partial charge is 0.386 e. The lowest BCUT2D eigenvalue weighted by Gasteiger charge is -2.49. The van der Waals surface area contributed by atoms with Crippen molar-refractivity contribution in [3.8, 4) is 6.07 Å². The van der Waals surface area contributed by atoms with Gasteiger partial charge in [-0.1, -0.05) is 32.0 Å². The molecule has 1 fully saturated rings. The van der Waals surface area contributed by atoms with E-state index in [1.54, 1.807) is 0 Å². The summed E-state index contributed by atoms with van der Waals surface area (Å²) >= 11 is 0. The molecule has 1 aromatic carbocycles. The molecule has 0 aliphatic carbocycles. The predicted molar refractivity (Wildman–Crippen MR) is 78.5 cm³/mol. The van der Waals surface area contributed by atoms with Crippen LogP contribution in [0.5, 0.6) is 0 Å². The summed E-state index contributed by atoms with van der Waals surface area (Å²) in [4.78, 5) is 6.56. The Morgan fingerprint density at radius 3 is 2.70 bits per heavy atom. The number of anilines is 1. The molecule has 0 bridgehead atoms. The van der Waals surface area contributed by atoms with Crippen molar-refractivity contribution in [1.82, 2.24) is 4.98 Å². The Hall–Kier alpha value is -2.12. The van der Waals surface area contributed by atoms with E-state index in [2.05, 4.69) is 11.1 Å². The Morgan fingerprint density at radius 2 is 2.05 bits per heavy atom. The minimum atomic E-state index is -0.667. The molecule has 0 radical (unpaired) electrons. The van der Waals surface area contributed by atoms with Gasteiger partial charge in [0, 0.05) is 5.39 Å². The van der Waals surface area contributed by atoms with Gasteiger partial charge in [0.15, 0.2) is 0 Å². The van der Waals surface area contributed by atoms with Crippen LogP contribution in [0, 0.1) is 17.2 Å². The van der Waals surface area contributed by atoms with Crippen LogP contribution in [0.3, 0.4) is 0 Å². The van der Waals surface area contributed by atoms with Gasteiger partial charge >= 0.3 is 0 Å². The summed E-state index contributed by atoms with van der Waals surface area (Å²) in [5.41, 5.74) is 0.774. The topological polar surface area (TPSA) is 60.1 Å². The zero-order valence-corrected chi connectivity index (χ0v) is 11.7. The van der Waals surface area contributed by atoms with Crippen LogP contribution < -0.4 is 4.90 Å². The molecule has 0 unspecified atom stereocenters. The number of aliphatic hydroxyl groups is 1. The van der Waals surface area contributed by atoms with Crippen molar-refractivity contribution in [2.45, 2.75) is 19.4 Å². The number of aromatic nitrogens is 1. The number of rotatable bonds is 2. The molecule has 0 spiro atoms. The highest BCUT2D eigenvalue weighted by molar-refractivity contribution is 5.83. The lowest BCUT2D eigenvalue weighted by molar-refractivity contribution is -0.0304. The Labute approximate surface area is 118 Å². The molecule has 0 amide bonds. The van der Waals surface area contributed by atoms with E-state index in [-0.39, 0.29) is 5.92 Å². The second-order valence-corrected chi connectivity index (χ2v) is 5.78. The maximum atomic E-state index is 10.3. The second kappa shape index (κ2) is 4.46. The minimum Gasteiger partial charge on any atom is -0.386 e. The number of β-amino-alcohol motifs (C(OH)–C–C–N with tert-alkyl or cyclic N) is 1.